The molecular formula is C25H34O3. The molecule has 0 aliphatic heterocycles. The molecule has 0 atom stereocenters. The van der Waals surface area contributed by atoms with Crippen LogP contribution in [-0.4, -0.2) is 6.16 Å². The van der Waals surface area contributed by atoms with Crippen LogP contribution in [0, 0.1) is 0 Å². The molecule has 0 N–H and O–H groups in total. The van der Waals surface area contributed by atoms with E-state index in [0.29, 0.717) is 23.3 Å². The Hall–Kier alpha value is -2.29. The molecule has 3 heteroatoms. The molecule has 0 aromatic heterocycles. The van der Waals surface area contributed by atoms with Crippen molar-refractivity contribution in [2.24, 2.45) is 0 Å². The van der Waals surface area contributed by atoms with Gasteiger partial charge in [0.25, 0.3) is 0 Å². The second kappa shape index (κ2) is 9.27. The van der Waals surface area contributed by atoms with Crippen molar-refractivity contribution in [1.82, 2.24) is 0 Å². The maximum Gasteiger partial charge on any atom is 0.519 e. The lowest BCUT2D eigenvalue weighted by atomic mass is 9.90. The van der Waals surface area contributed by atoms with E-state index in [1.165, 1.54) is 11.1 Å². The average molecular weight is 383 g/mol. The summed E-state index contributed by atoms with van der Waals surface area (Å²) >= 11 is 0. The van der Waals surface area contributed by atoms with E-state index in [4.69, 9.17) is 9.47 Å². The first kappa shape index (κ1) is 22.0. The molecule has 0 unspecified atom stereocenters. The van der Waals surface area contributed by atoms with Gasteiger partial charge in [-0.15, -0.1) is 0 Å². The lowest BCUT2D eigenvalue weighted by Crippen LogP contribution is -2.17. The first-order valence-electron chi connectivity index (χ1n) is 10.3. The van der Waals surface area contributed by atoms with E-state index >= 15 is 0 Å². The first-order valence-corrected chi connectivity index (χ1v) is 10.3. The summed E-state index contributed by atoms with van der Waals surface area (Å²) in [5.74, 6) is 2.36. The Kier molecular flexibility index (Phi) is 7.29. The summed E-state index contributed by atoms with van der Waals surface area (Å²) in [6, 6.07) is 11.8. The molecule has 0 radical (unpaired) electrons. The fourth-order valence-corrected chi connectivity index (χ4v) is 3.74. The predicted molar refractivity (Wildman–Crippen MR) is 116 cm³/mol. The highest BCUT2D eigenvalue weighted by atomic mass is 16.7. The Balaban J connectivity index is 2.34. The Labute approximate surface area is 170 Å². The highest BCUT2D eigenvalue weighted by Crippen LogP contribution is 2.36. The first-order chi connectivity index (χ1) is 13.1. The number of carbonyl (C=O) groups excluding carboxylic acids is 1. The van der Waals surface area contributed by atoms with Crippen LogP contribution in [0.25, 0.3) is 0 Å². The molecule has 2 aromatic carbocycles. The van der Waals surface area contributed by atoms with Crippen LogP contribution in [0.2, 0.25) is 0 Å². The summed E-state index contributed by atoms with van der Waals surface area (Å²) in [5, 5.41) is 0. The Morgan fingerprint density at radius 3 is 1.25 bits per heavy atom. The maximum absolute atomic E-state index is 12.6. The Morgan fingerprint density at radius 1 is 0.607 bits per heavy atom. The van der Waals surface area contributed by atoms with Crippen molar-refractivity contribution in [2.75, 3.05) is 0 Å². The van der Waals surface area contributed by atoms with Crippen LogP contribution in [0.5, 0.6) is 11.5 Å². The predicted octanol–water partition coefficient (Wildman–Crippen LogP) is 7.76. The molecule has 152 valence electrons. The second-order valence-electron chi connectivity index (χ2n) is 8.59. The molecule has 0 aliphatic carbocycles. The van der Waals surface area contributed by atoms with E-state index in [2.05, 4.69) is 67.5 Å². The van der Waals surface area contributed by atoms with Gasteiger partial charge in [-0.3, -0.25) is 0 Å². The van der Waals surface area contributed by atoms with Gasteiger partial charge in [-0.1, -0.05) is 79.7 Å². The smallest absolute Gasteiger partial charge is 0.394 e. The normalized spacial score (nSPS) is 11.6. The molecule has 0 fully saturated rings. The zero-order chi connectivity index (χ0) is 21.0. The van der Waals surface area contributed by atoms with Gasteiger partial charge in [0.2, 0.25) is 0 Å². The van der Waals surface area contributed by atoms with Crippen LogP contribution < -0.4 is 9.47 Å². The number of rotatable bonds is 6. The van der Waals surface area contributed by atoms with Crippen LogP contribution in [0.15, 0.2) is 36.4 Å². The molecule has 0 saturated heterocycles. The molecule has 2 rings (SSSR count). The molecule has 2 aromatic rings. The van der Waals surface area contributed by atoms with Gasteiger partial charge >= 0.3 is 6.16 Å². The molecule has 0 saturated carbocycles. The van der Waals surface area contributed by atoms with E-state index in [0.717, 1.165) is 11.1 Å². The zero-order valence-electron chi connectivity index (χ0n) is 18.5. The van der Waals surface area contributed by atoms with Gasteiger partial charge in [0.05, 0.1) is 0 Å². The number of carbonyl (C=O) groups is 1. The third kappa shape index (κ3) is 4.95. The fourth-order valence-electron chi connectivity index (χ4n) is 3.74. The minimum atomic E-state index is -0.689. The molecule has 0 aliphatic rings. The molecule has 0 heterocycles. The van der Waals surface area contributed by atoms with Gasteiger partial charge in [0, 0.05) is 11.1 Å². The van der Waals surface area contributed by atoms with E-state index in [1.54, 1.807) is 0 Å². The van der Waals surface area contributed by atoms with Gasteiger partial charge in [-0.25, -0.2) is 4.79 Å². The lowest BCUT2D eigenvalue weighted by molar-refractivity contribution is 0.150. The summed E-state index contributed by atoms with van der Waals surface area (Å²) in [5.41, 5.74) is 4.53. The Bertz CT molecular complexity index is 749. The monoisotopic (exact) mass is 382 g/mol. The molecule has 0 spiro atoms. The Morgan fingerprint density at radius 2 is 0.964 bits per heavy atom. The third-order valence-electron chi connectivity index (χ3n) is 4.98. The van der Waals surface area contributed by atoms with Gasteiger partial charge in [-0.05, 0) is 46.9 Å². The van der Waals surface area contributed by atoms with Crippen molar-refractivity contribution in [1.29, 1.82) is 0 Å². The molecule has 0 bridgehead atoms. The second-order valence-corrected chi connectivity index (χ2v) is 8.59. The van der Waals surface area contributed by atoms with E-state index in [1.807, 2.05) is 24.3 Å². The van der Waals surface area contributed by atoms with Gasteiger partial charge in [0.1, 0.15) is 11.5 Å². The van der Waals surface area contributed by atoms with Gasteiger partial charge in [-0.2, -0.15) is 0 Å². The van der Waals surface area contributed by atoms with E-state index in [9.17, 15) is 4.79 Å². The summed E-state index contributed by atoms with van der Waals surface area (Å²) < 4.78 is 11.4. The van der Waals surface area contributed by atoms with Crippen LogP contribution in [0.1, 0.15) is 101 Å². The summed E-state index contributed by atoms with van der Waals surface area (Å²) in [7, 11) is 0. The number of hydrogen-bond acceptors (Lipinski definition) is 3. The van der Waals surface area contributed by atoms with Crippen LogP contribution >= 0.6 is 0 Å². The van der Waals surface area contributed by atoms with Gasteiger partial charge in [0.15, 0.2) is 0 Å². The zero-order valence-corrected chi connectivity index (χ0v) is 18.5. The maximum atomic E-state index is 12.6. The molecule has 3 nitrogen and oxygen atoms in total. The quantitative estimate of drug-likeness (QED) is 0.378. The molecule has 28 heavy (non-hydrogen) atoms. The minimum absolute atomic E-state index is 0.247. The van der Waals surface area contributed by atoms with E-state index < -0.39 is 6.16 Å². The summed E-state index contributed by atoms with van der Waals surface area (Å²) in [6.45, 7) is 17.0. The summed E-state index contributed by atoms with van der Waals surface area (Å²) in [4.78, 5) is 12.6. The van der Waals surface area contributed by atoms with Crippen molar-refractivity contribution in [3.8, 4) is 11.5 Å². The molecular weight excluding hydrogens is 348 g/mol. The van der Waals surface area contributed by atoms with Crippen molar-refractivity contribution >= 4 is 6.16 Å². The van der Waals surface area contributed by atoms with Crippen LogP contribution in [0.4, 0.5) is 4.79 Å². The topological polar surface area (TPSA) is 35.5 Å². The minimum Gasteiger partial charge on any atom is -0.394 e. The number of ether oxygens (including phenoxy) is 2. The van der Waals surface area contributed by atoms with Gasteiger partial charge < -0.3 is 9.47 Å². The average Bonchev–Trinajstić information content (AvgIpc) is 2.60. The van der Waals surface area contributed by atoms with Crippen molar-refractivity contribution in [3.05, 3.63) is 58.7 Å². The van der Waals surface area contributed by atoms with Crippen molar-refractivity contribution in [2.45, 2.75) is 79.1 Å². The highest BCUT2D eigenvalue weighted by Gasteiger charge is 2.21. The van der Waals surface area contributed by atoms with Crippen LogP contribution in [-0.2, 0) is 0 Å². The van der Waals surface area contributed by atoms with Crippen molar-refractivity contribution in [3.63, 3.8) is 0 Å². The lowest BCUT2D eigenvalue weighted by Gasteiger charge is -2.21. The fraction of sp³-hybridized carbons (Fsp3) is 0.480. The number of hydrogen-bond donors (Lipinski definition) is 0. The standard InChI is InChI=1S/C25H34O3/c1-15(2)19-11-9-13-21(23(19)17(5)6)27-25(26)28-22-14-10-12-20(16(3)4)24(22)18(7)8/h9-18H,1-8H3. The largest absolute Gasteiger partial charge is 0.519 e. The summed E-state index contributed by atoms with van der Waals surface area (Å²) in [6.07, 6.45) is -0.689. The van der Waals surface area contributed by atoms with Crippen molar-refractivity contribution < 1.29 is 14.3 Å². The van der Waals surface area contributed by atoms with Crippen LogP contribution in [0.3, 0.4) is 0 Å². The number of benzene rings is 2. The third-order valence-corrected chi connectivity index (χ3v) is 4.98. The SMILES string of the molecule is CC(C)c1cccc(OC(=O)Oc2cccc(C(C)C)c2C(C)C)c1C(C)C. The molecule has 0 amide bonds. The highest BCUT2D eigenvalue weighted by molar-refractivity contribution is 5.69. The van der Waals surface area contributed by atoms with E-state index in [-0.39, 0.29) is 11.8 Å².